The van der Waals surface area contributed by atoms with E-state index in [1.165, 1.54) is 25.7 Å². The summed E-state index contributed by atoms with van der Waals surface area (Å²) >= 11 is 0. The van der Waals surface area contributed by atoms with E-state index in [-0.39, 0.29) is 24.4 Å². The van der Waals surface area contributed by atoms with Gasteiger partial charge in [0.2, 0.25) is 0 Å². The van der Waals surface area contributed by atoms with Crippen molar-refractivity contribution in [2.45, 2.75) is 57.8 Å². The van der Waals surface area contributed by atoms with Gasteiger partial charge in [-0.1, -0.05) is 50.7 Å². The monoisotopic (exact) mass is 475 g/mol. The van der Waals surface area contributed by atoms with Crippen LogP contribution in [0.1, 0.15) is 56.9 Å². The van der Waals surface area contributed by atoms with Crippen LogP contribution in [0.2, 0.25) is 0 Å². The zero-order valence-corrected chi connectivity index (χ0v) is 20.5. The number of hydrogen-bond donors (Lipinski definition) is 0. The van der Waals surface area contributed by atoms with Crippen LogP contribution in [0, 0.1) is 5.92 Å². The number of ether oxygens (including phenoxy) is 3. The predicted octanol–water partition coefficient (Wildman–Crippen LogP) is 6.48. The molecule has 0 spiro atoms. The number of rotatable bonds is 10. The van der Waals surface area contributed by atoms with Gasteiger partial charge in [-0.3, -0.25) is 14.6 Å². The van der Waals surface area contributed by atoms with Gasteiger partial charge in [-0.15, -0.1) is 0 Å². The molecule has 0 atom stereocenters. The molecule has 0 N–H and O–H groups in total. The molecule has 6 nitrogen and oxygen atoms in total. The van der Waals surface area contributed by atoms with Crippen LogP contribution in [0.5, 0.6) is 23.0 Å². The van der Waals surface area contributed by atoms with Gasteiger partial charge < -0.3 is 14.2 Å². The number of hydrogen-bond acceptors (Lipinski definition) is 6. The highest BCUT2D eigenvalue weighted by atomic mass is 16.5. The molecule has 0 amide bonds. The number of fused-ring (bicyclic) bond motifs is 1. The summed E-state index contributed by atoms with van der Waals surface area (Å²) < 4.78 is 16.9. The fourth-order valence-electron chi connectivity index (χ4n) is 4.81. The summed E-state index contributed by atoms with van der Waals surface area (Å²) in [6, 6.07) is 12.9. The van der Waals surface area contributed by atoms with E-state index in [0.29, 0.717) is 35.3 Å². The summed E-state index contributed by atoms with van der Waals surface area (Å²) in [5.74, 6) is 3.00. The standard InChI is InChI=1S/C29H33NO5/c1-33-28-18-25-26(19-29(28)34-2)30-14-13-27(25)35-24-11-9-21(10-12-24)16-23(32)17-22(31)15-20-7-5-3-4-6-8-20/h9-14,18-20H,3-8,15-17H2,1-2H3. The quantitative estimate of drug-likeness (QED) is 0.247. The number of Topliss-reactive ketones (excluding diaryl/α,β-unsaturated/α-hetero) is 2. The van der Waals surface area contributed by atoms with Crippen molar-refractivity contribution in [3.05, 3.63) is 54.2 Å². The summed E-state index contributed by atoms with van der Waals surface area (Å²) in [6.07, 6.45) is 9.71. The Morgan fingerprint density at radius 2 is 1.54 bits per heavy atom. The van der Waals surface area contributed by atoms with Crippen LogP contribution in [0.4, 0.5) is 0 Å². The van der Waals surface area contributed by atoms with Crippen molar-refractivity contribution in [3.63, 3.8) is 0 Å². The van der Waals surface area contributed by atoms with Crippen molar-refractivity contribution in [1.82, 2.24) is 4.98 Å². The molecule has 0 unspecified atom stereocenters. The van der Waals surface area contributed by atoms with Crippen LogP contribution in [-0.2, 0) is 16.0 Å². The summed E-state index contributed by atoms with van der Waals surface area (Å²) in [7, 11) is 3.18. The number of aromatic nitrogens is 1. The maximum atomic E-state index is 12.5. The van der Waals surface area contributed by atoms with Crippen LogP contribution in [0.3, 0.4) is 0 Å². The van der Waals surface area contributed by atoms with Gasteiger partial charge in [-0.25, -0.2) is 0 Å². The topological polar surface area (TPSA) is 74.7 Å². The molecule has 184 valence electrons. The van der Waals surface area contributed by atoms with Gasteiger partial charge in [0.05, 0.1) is 26.2 Å². The average Bonchev–Trinajstić information content (AvgIpc) is 3.13. The van der Waals surface area contributed by atoms with E-state index in [0.717, 1.165) is 29.3 Å². The Labute approximate surface area is 206 Å². The molecule has 0 saturated heterocycles. The van der Waals surface area contributed by atoms with Gasteiger partial charge in [-0.05, 0) is 35.7 Å². The molecule has 3 aromatic rings. The number of pyridine rings is 1. The normalized spacial score (nSPS) is 14.3. The van der Waals surface area contributed by atoms with Crippen LogP contribution >= 0.6 is 0 Å². The van der Waals surface area contributed by atoms with Gasteiger partial charge in [0.1, 0.15) is 23.1 Å². The minimum absolute atomic E-state index is 0.0292. The lowest BCUT2D eigenvalue weighted by molar-refractivity contribution is -0.127. The summed E-state index contributed by atoms with van der Waals surface area (Å²) in [6.45, 7) is 0. The van der Waals surface area contributed by atoms with Gasteiger partial charge in [-0.2, -0.15) is 0 Å². The van der Waals surface area contributed by atoms with Crippen molar-refractivity contribution < 1.29 is 23.8 Å². The van der Waals surface area contributed by atoms with Crippen molar-refractivity contribution >= 4 is 22.5 Å². The Bertz CT molecular complexity index is 1160. The Kier molecular flexibility index (Phi) is 8.35. The first-order valence-electron chi connectivity index (χ1n) is 12.4. The van der Waals surface area contributed by atoms with Crippen LogP contribution < -0.4 is 14.2 Å². The molecule has 1 aliphatic rings. The first-order valence-corrected chi connectivity index (χ1v) is 12.4. The molecule has 35 heavy (non-hydrogen) atoms. The molecule has 4 rings (SSSR count). The van der Waals surface area contributed by atoms with Gasteiger partial charge in [0.15, 0.2) is 11.5 Å². The Morgan fingerprint density at radius 1 is 0.857 bits per heavy atom. The molecule has 1 saturated carbocycles. The SMILES string of the molecule is COc1cc2nccc(Oc3ccc(CC(=O)CC(=O)CC4CCCCCC4)cc3)c2cc1OC. The molecule has 1 heterocycles. The number of methoxy groups -OCH3 is 2. The first-order chi connectivity index (χ1) is 17.1. The molecule has 1 fully saturated rings. The Morgan fingerprint density at radius 3 is 2.23 bits per heavy atom. The zero-order valence-electron chi connectivity index (χ0n) is 20.5. The molecule has 1 aromatic heterocycles. The third-order valence-corrected chi connectivity index (χ3v) is 6.64. The molecule has 0 bridgehead atoms. The number of ketones is 2. The second-order valence-corrected chi connectivity index (χ2v) is 9.27. The van der Waals surface area contributed by atoms with E-state index in [2.05, 4.69) is 4.98 Å². The molecule has 0 aliphatic heterocycles. The molecule has 1 aliphatic carbocycles. The van der Waals surface area contributed by atoms with E-state index >= 15 is 0 Å². The predicted molar refractivity (Wildman–Crippen MR) is 136 cm³/mol. The zero-order chi connectivity index (χ0) is 24.6. The Hall–Kier alpha value is -3.41. The van der Waals surface area contributed by atoms with Crippen LogP contribution in [0.15, 0.2) is 48.7 Å². The lowest BCUT2D eigenvalue weighted by Gasteiger charge is -2.13. The average molecular weight is 476 g/mol. The minimum Gasteiger partial charge on any atom is -0.493 e. The van der Waals surface area contributed by atoms with Crippen molar-refractivity contribution in [2.75, 3.05) is 14.2 Å². The third kappa shape index (κ3) is 6.59. The highest BCUT2D eigenvalue weighted by Crippen LogP contribution is 2.37. The molecule has 2 aromatic carbocycles. The van der Waals surface area contributed by atoms with E-state index < -0.39 is 0 Å². The van der Waals surface area contributed by atoms with E-state index in [1.54, 1.807) is 26.5 Å². The van der Waals surface area contributed by atoms with E-state index in [9.17, 15) is 9.59 Å². The lowest BCUT2D eigenvalue weighted by atomic mass is 9.92. The molecule has 6 heteroatoms. The minimum atomic E-state index is -0.0292. The largest absolute Gasteiger partial charge is 0.493 e. The number of carbonyl (C=O) groups is 2. The second kappa shape index (κ2) is 11.8. The fraction of sp³-hybridized carbons (Fsp3) is 0.414. The van der Waals surface area contributed by atoms with Gasteiger partial charge in [0.25, 0.3) is 0 Å². The number of nitrogens with zero attached hydrogens (tertiary/aromatic N) is 1. The molecular formula is C29H33NO5. The van der Waals surface area contributed by atoms with Crippen molar-refractivity contribution in [1.29, 1.82) is 0 Å². The van der Waals surface area contributed by atoms with Crippen molar-refractivity contribution in [3.8, 4) is 23.0 Å². The van der Waals surface area contributed by atoms with Crippen molar-refractivity contribution in [2.24, 2.45) is 5.92 Å². The van der Waals surface area contributed by atoms with E-state index in [4.69, 9.17) is 14.2 Å². The molecular weight excluding hydrogens is 442 g/mol. The van der Waals surface area contributed by atoms with Gasteiger partial charge >= 0.3 is 0 Å². The van der Waals surface area contributed by atoms with Crippen LogP contribution in [-0.4, -0.2) is 30.8 Å². The number of carbonyl (C=O) groups excluding carboxylic acids is 2. The summed E-state index contributed by atoms with van der Waals surface area (Å²) in [5, 5.41) is 0.802. The highest BCUT2D eigenvalue weighted by molar-refractivity contribution is 6.00. The van der Waals surface area contributed by atoms with Crippen LogP contribution in [0.25, 0.3) is 10.9 Å². The van der Waals surface area contributed by atoms with Gasteiger partial charge in [0, 0.05) is 30.5 Å². The Balaban J connectivity index is 1.36. The third-order valence-electron chi connectivity index (χ3n) is 6.64. The first kappa shape index (κ1) is 24.7. The number of benzene rings is 2. The second-order valence-electron chi connectivity index (χ2n) is 9.27. The summed E-state index contributed by atoms with van der Waals surface area (Å²) in [5.41, 5.74) is 1.60. The lowest BCUT2D eigenvalue weighted by Crippen LogP contribution is -2.14. The molecule has 0 radical (unpaired) electrons. The summed E-state index contributed by atoms with van der Waals surface area (Å²) in [4.78, 5) is 29.3. The maximum absolute atomic E-state index is 12.5. The fourth-order valence-corrected chi connectivity index (χ4v) is 4.81. The maximum Gasteiger partial charge on any atom is 0.162 e. The highest BCUT2D eigenvalue weighted by Gasteiger charge is 2.18. The smallest absolute Gasteiger partial charge is 0.162 e. The van der Waals surface area contributed by atoms with E-state index in [1.807, 2.05) is 36.4 Å².